The van der Waals surface area contributed by atoms with E-state index in [0.29, 0.717) is 11.4 Å². The van der Waals surface area contributed by atoms with Gasteiger partial charge in [0, 0.05) is 12.5 Å². The predicted molar refractivity (Wildman–Crippen MR) is 78.7 cm³/mol. The third-order valence-electron chi connectivity index (χ3n) is 3.12. The van der Waals surface area contributed by atoms with Gasteiger partial charge < -0.3 is 14.9 Å². The third kappa shape index (κ3) is 3.25. The number of nitrogens with zero attached hydrogens (tertiary/aromatic N) is 2. The molecule has 0 atom stereocenters. The van der Waals surface area contributed by atoms with Crippen LogP contribution in [0.15, 0.2) is 29.1 Å². The lowest BCUT2D eigenvalue weighted by atomic mass is 10.2. The van der Waals surface area contributed by atoms with Crippen molar-refractivity contribution in [2.75, 3.05) is 7.11 Å². The maximum absolute atomic E-state index is 12.1. The molecule has 0 aliphatic heterocycles. The molecule has 0 aliphatic carbocycles. The Morgan fingerprint density at radius 1 is 1.36 bits per heavy atom. The van der Waals surface area contributed by atoms with Crippen molar-refractivity contribution in [2.45, 2.75) is 19.8 Å². The summed E-state index contributed by atoms with van der Waals surface area (Å²) < 4.78 is 6.32. The van der Waals surface area contributed by atoms with Gasteiger partial charge in [-0.25, -0.2) is 0 Å². The van der Waals surface area contributed by atoms with E-state index < -0.39 is 11.5 Å². The van der Waals surface area contributed by atoms with Gasteiger partial charge in [-0.1, -0.05) is 6.07 Å². The van der Waals surface area contributed by atoms with Gasteiger partial charge in [0.25, 0.3) is 5.56 Å². The zero-order valence-electron chi connectivity index (χ0n) is 12.2. The Labute approximate surface area is 126 Å². The lowest BCUT2D eigenvalue weighted by Gasteiger charge is -2.12. The molecular formula is C15H16N2O5. The van der Waals surface area contributed by atoms with E-state index >= 15 is 0 Å². The van der Waals surface area contributed by atoms with Crippen molar-refractivity contribution < 1.29 is 19.7 Å². The maximum Gasteiger partial charge on any atom is 0.303 e. The van der Waals surface area contributed by atoms with Crippen LogP contribution < -0.4 is 10.3 Å². The first-order valence-corrected chi connectivity index (χ1v) is 6.61. The number of ether oxygens (including phenoxy) is 1. The fourth-order valence-corrected chi connectivity index (χ4v) is 2.02. The summed E-state index contributed by atoms with van der Waals surface area (Å²) in [4.78, 5) is 22.7. The highest BCUT2D eigenvalue weighted by molar-refractivity contribution is 5.67. The van der Waals surface area contributed by atoms with Crippen molar-refractivity contribution in [2.24, 2.45) is 0 Å². The van der Waals surface area contributed by atoms with Gasteiger partial charge in [-0.15, -0.1) is 0 Å². The van der Waals surface area contributed by atoms with E-state index in [-0.39, 0.29) is 24.3 Å². The highest BCUT2D eigenvalue weighted by Gasteiger charge is 2.14. The summed E-state index contributed by atoms with van der Waals surface area (Å²) in [5.74, 6) is -0.865. The molecule has 1 aromatic carbocycles. The van der Waals surface area contributed by atoms with E-state index in [1.807, 2.05) is 13.0 Å². The Balaban J connectivity index is 2.56. The molecule has 1 heterocycles. The smallest absolute Gasteiger partial charge is 0.303 e. The molecule has 7 nitrogen and oxygen atoms in total. The van der Waals surface area contributed by atoms with Crippen molar-refractivity contribution in [1.29, 1.82) is 0 Å². The zero-order valence-corrected chi connectivity index (χ0v) is 12.2. The van der Waals surface area contributed by atoms with Crippen molar-refractivity contribution in [3.05, 3.63) is 45.9 Å². The summed E-state index contributed by atoms with van der Waals surface area (Å²) in [5.41, 5.74) is 0.958. The monoisotopic (exact) mass is 304 g/mol. The minimum atomic E-state index is -1.01. The first-order chi connectivity index (χ1) is 10.4. The van der Waals surface area contributed by atoms with Crippen molar-refractivity contribution >= 4 is 5.97 Å². The number of aromatic nitrogens is 2. The molecule has 1 aromatic heterocycles. The van der Waals surface area contributed by atoms with Crippen LogP contribution in [0.5, 0.6) is 11.5 Å². The molecule has 2 N–H and O–H groups in total. The van der Waals surface area contributed by atoms with Crippen molar-refractivity contribution in [3.63, 3.8) is 0 Å². The van der Waals surface area contributed by atoms with Gasteiger partial charge in [0.15, 0.2) is 0 Å². The molecule has 0 bridgehead atoms. The molecule has 0 radical (unpaired) electrons. The lowest BCUT2D eigenvalue weighted by molar-refractivity contribution is -0.136. The summed E-state index contributed by atoms with van der Waals surface area (Å²) >= 11 is 0. The van der Waals surface area contributed by atoms with Crippen LogP contribution in [0.25, 0.3) is 5.69 Å². The molecule has 0 amide bonds. The van der Waals surface area contributed by atoms with Crippen LogP contribution >= 0.6 is 0 Å². The quantitative estimate of drug-likeness (QED) is 0.862. The second-order valence-corrected chi connectivity index (χ2v) is 4.80. The summed E-state index contributed by atoms with van der Waals surface area (Å²) in [6.07, 6.45) is -0.167. The molecule has 22 heavy (non-hydrogen) atoms. The number of carboxylic acids is 1. The number of methoxy groups -OCH3 is 1. The van der Waals surface area contributed by atoms with Crippen LogP contribution in [-0.4, -0.2) is 33.1 Å². The molecule has 116 valence electrons. The normalized spacial score (nSPS) is 10.5. The van der Waals surface area contributed by atoms with Gasteiger partial charge >= 0.3 is 5.97 Å². The topological polar surface area (TPSA) is 102 Å². The number of carbonyl (C=O) groups is 1. The summed E-state index contributed by atoms with van der Waals surface area (Å²) in [6, 6.07) is 6.29. The second kappa shape index (κ2) is 6.30. The van der Waals surface area contributed by atoms with Gasteiger partial charge in [-0.3, -0.25) is 9.59 Å². The van der Waals surface area contributed by atoms with Crippen LogP contribution in [0, 0.1) is 6.92 Å². The SMILES string of the molecule is COc1ccc(C)cc1-n1nc(CCC(=O)O)c(O)cc1=O. The average molecular weight is 304 g/mol. The van der Waals surface area contributed by atoms with E-state index in [1.54, 1.807) is 12.1 Å². The van der Waals surface area contributed by atoms with E-state index in [0.717, 1.165) is 16.3 Å². The predicted octanol–water partition coefficient (Wildman–Crippen LogP) is 1.27. The molecule has 7 heteroatoms. The molecule has 0 fully saturated rings. The number of benzene rings is 1. The number of rotatable bonds is 5. The van der Waals surface area contributed by atoms with E-state index in [9.17, 15) is 14.7 Å². The minimum absolute atomic E-state index is 0.0234. The Hall–Kier alpha value is -2.83. The van der Waals surface area contributed by atoms with Gasteiger partial charge in [0.1, 0.15) is 22.9 Å². The summed E-state index contributed by atoms with van der Waals surface area (Å²) in [6.45, 7) is 1.86. The molecular weight excluding hydrogens is 288 g/mol. The average Bonchev–Trinajstić information content (AvgIpc) is 2.46. The Morgan fingerprint density at radius 3 is 2.73 bits per heavy atom. The molecule has 0 unspecified atom stereocenters. The number of hydrogen-bond acceptors (Lipinski definition) is 5. The number of hydrogen-bond donors (Lipinski definition) is 2. The van der Waals surface area contributed by atoms with Gasteiger partial charge in [0.05, 0.1) is 13.5 Å². The largest absolute Gasteiger partial charge is 0.506 e. The van der Waals surface area contributed by atoms with E-state index in [1.165, 1.54) is 7.11 Å². The summed E-state index contributed by atoms with van der Waals surface area (Å²) in [7, 11) is 1.48. The fraction of sp³-hybridized carbons (Fsp3) is 0.267. The highest BCUT2D eigenvalue weighted by Crippen LogP contribution is 2.23. The first-order valence-electron chi connectivity index (χ1n) is 6.61. The number of aryl methyl sites for hydroxylation is 2. The van der Waals surface area contributed by atoms with Crippen LogP contribution in [0.1, 0.15) is 17.7 Å². The third-order valence-corrected chi connectivity index (χ3v) is 3.12. The second-order valence-electron chi connectivity index (χ2n) is 4.80. The standard InChI is InChI=1S/C15H16N2O5/c1-9-3-5-13(22-2)11(7-9)17-14(19)8-12(18)10(16-17)4-6-15(20)21/h3,5,7-8,18H,4,6H2,1-2H3,(H,20,21). The van der Waals surface area contributed by atoms with Gasteiger partial charge in [0.2, 0.25) is 0 Å². The molecule has 0 spiro atoms. The number of aliphatic carboxylic acids is 1. The zero-order chi connectivity index (χ0) is 16.3. The highest BCUT2D eigenvalue weighted by atomic mass is 16.5. The van der Waals surface area contributed by atoms with Crippen LogP contribution in [0.4, 0.5) is 0 Å². The molecule has 2 rings (SSSR count). The minimum Gasteiger partial charge on any atom is -0.506 e. The Bertz CT molecular complexity index is 767. The van der Waals surface area contributed by atoms with Crippen LogP contribution in [0.3, 0.4) is 0 Å². The van der Waals surface area contributed by atoms with Crippen molar-refractivity contribution in [1.82, 2.24) is 9.78 Å². The van der Waals surface area contributed by atoms with Crippen LogP contribution in [0.2, 0.25) is 0 Å². The number of carboxylic acid groups (broad SMARTS) is 1. The van der Waals surface area contributed by atoms with Crippen LogP contribution in [-0.2, 0) is 11.2 Å². The van der Waals surface area contributed by atoms with Gasteiger partial charge in [-0.2, -0.15) is 9.78 Å². The van der Waals surface area contributed by atoms with E-state index in [4.69, 9.17) is 9.84 Å². The molecule has 0 aliphatic rings. The Kier molecular flexibility index (Phi) is 4.45. The summed E-state index contributed by atoms with van der Waals surface area (Å²) in [5, 5.41) is 22.6. The Morgan fingerprint density at radius 2 is 2.09 bits per heavy atom. The first kappa shape index (κ1) is 15.6. The fourth-order valence-electron chi connectivity index (χ4n) is 2.02. The van der Waals surface area contributed by atoms with Crippen molar-refractivity contribution in [3.8, 4) is 17.2 Å². The molecule has 0 saturated carbocycles. The maximum atomic E-state index is 12.1. The lowest BCUT2D eigenvalue weighted by Crippen LogP contribution is -2.22. The van der Waals surface area contributed by atoms with Gasteiger partial charge in [-0.05, 0) is 24.6 Å². The molecule has 0 saturated heterocycles. The molecule has 2 aromatic rings. The van der Waals surface area contributed by atoms with E-state index in [2.05, 4.69) is 5.10 Å². The number of aromatic hydroxyl groups is 1.